The Kier molecular flexibility index (Phi) is 6.68. The third-order valence-corrected chi connectivity index (χ3v) is 6.96. The lowest BCUT2D eigenvalue weighted by molar-refractivity contribution is -0.142. The molecule has 1 unspecified atom stereocenters. The molecule has 0 radical (unpaired) electrons. The quantitative estimate of drug-likeness (QED) is 0.679. The average molecular weight is 449 g/mol. The highest BCUT2D eigenvalue weighted by Crippen LogP contribution is 2.34. The molecule has 2 heterocycles. The van der Waals surface area contributed by atoms with E-state index < -0.39 is 28.1 Å². The summed E-state index contributed by atoms with van der Waals surface area (Å²) in [6.45, 7) is 6.40. The second-order valence-corrected chi connectivity index (χ2v) is 9.38. The predicted octanol–water partition coefficient (Wildman–Crippen LogP) is 1.79. The van der Waals surface area contributed by atoms with Gasteiger partial charge >= 0.3 is 12.0 Å². The number of methoxy groups -OCH3 is 1. The van der Waals surface area contributed by atoms with Crippen molar-refractivity contribution >= 4 is 32.8 Å². The summed E-state index contributed by atoms with van der Waals surface area (Å²) in [5.41, 5.74) is 2.33. The number of amides is 2. The number of sulfonamides is 1. The highest BCUT2D eigenvalue weighted by Gasteiger charge is 2.35. The van der Waals surface area contributed by atoms with Gasteiger partial charge in [-0.15, -0.1) is 4.40 Å². The maximum absolute atomic E-state index is 12.7. The van der Waals surface area contributed by atoms with Gasteiger partial charge in [-0.2, -0.15) is 8.42 Å². The Morgan fingerprint density at radius 1 is 1.16 bits per heavy atom. The van der Waals surface area contributed by atoms with Crippen molar-refractivity contribution in [3.63, 3.8) is 0 Å². The third-order valence-electron chi connectivity index (χ3n) is 5.49. The van der Waals surface area contributed by atoms with Crippen molar-refractivity contribution in [2.75, 3.05) is 20.2 Å². The average Bonchev–Trinajstić information content (AvgIpc) is 2.97. The van der Waals surface area contributed by atoms with Gasteiger partial charge in [0.1, 0.15) is 16.8 Å². The molecule has 0 bridgehead atoms. The summed E-state index contributed by atoms with van der Waals surface area (Å²) >= 11 is 0. The molecule has 0 saturated carbocycles. The van der Waals surface area contributed by atoms with E-state index in [-0.39, 0.29) is 10.9 Å². The number of likely N-dealkylation sites (tertiary alicyclic amines) is 1. The highest BCUT2D eigenvalue weighted by molar-refractivity contribution is 8.00. The molecule has 1 aromatic carbocycles. The summed E-state index contributed by atoms with van der Waals surface area (Å²) in [6.07, 6.45) is 1.26. The van der Waals surface area contributed by atoms with Crippen LogP contribution >= 0.6 is 0 Å². The van der Waals surface area contributed by atoms with E-state index in [0.29, 0.717) is 42.9 Å². The summed E-state index contributed by atoms with van der Waals surface area (Å²) in [5.74, 6) is -0.0464. The second-order valence-electron chi connectivity index (χ2n) is 7.83. The first-order chi connectivity index (χ1) is 14.6. The van der Waals surface area contributed by atoms with Crippen molar-refractivity contribution in [3.8, 4) is 0 Å². The monoisotopic (exact) mass is 448 g/mol. The van der Waals surface area contributed by atoms with Gasteiger partial charge in [-0.25, -0.2) is 9.59 Å². The van der Waals surface area contributed by atoms with Gasteiger partial charge in [0.2, 0.25) is 0 Å². The summed E-state index contributed by atoms with van der Waals surface area (Å²) < 4.78 is 34.1. The van der Waals surface area contributed by atoms with E-state index in [1.807, 2.05) is 24.0 Å². The molecule has 1 aromatic rings. The van der Waals surface area contributed by atoms with Crippen LogP contribution in [0.4, 0.5) is 4.79 Å². The predicted molar refractivity (Wildman–Crippen MR) is 118 cm³/mol. The second kappa shape index (κ2) is 9.09. The number of nitrogens with one attached hydrogen (secondary N) is 2. The Hall–Kier alpha value is -2.88. The van der Waals surface area contributed by atoms with Gasteiger partial charge < -0.3 is 20.3 Å². The normalized spacial score (nSPS) is 19.6. The standard InChI is InChI=1S/C21H28N4O5S/c1-13-5-7-16(8-6-13)18-14(2)19(24-31(18,28)29)25-11-9-17(10-12-25)23-21(27)22-15(3)20(26)30-4/h5-8,15,17H,9-12H2,1-4H3,(H2,22,23,27). The molecule has 0 aliphatic carbocycles. The number of benzene rings is 1. The van der Waals surface area contributed by atoms with Crippen LogP contribution in [0.5, 0.6) is 0 Å². The summed E-state index contributed by atoms with van der Waals surface area (Å²) in [7, 11) is -2.49. The van der Waals surface area contributed by atoms with Crippen molar-refractivity contribution in [1.82, 2.24) is 15.5 Å². The topological polar surface area (TPSA) is 117 Å². The maximum atomic E-state index is 12.7. The van der Waals surface area contributed by atoms with E-state index in [9.17, 15) is 18.0 Å². The zero-order valence-electron chi connectivity index (χ0n) is 18.1. The number of piperidine rings is 1. The van der Waals surface area contributed by atoms with E-state index in [1.54, 1.807) is 26.0 Å². The van der Waals surface area contributed by atoms with Gasteiger partial charge in [0.05, 0.1) is 7.11 Å². The molecule has 10 heteroatoms. The minimum atomic E-state index is -3.76. The van der Waals surface area contributed by atoms with Crippen LogP contribution in [0.25, 0.3) is 4.91 Å². The van der Waals surface area contributed by atoms with Gasteiger partial charge in [-0.1, -0.05) is 29.8 Å². The molecule has 168 valence electrons. The van der Waals surface area contributed by atoms with Gasteiger partial charge in [-0.3, -0.25) is 0 Å². The van der Waals surface area contributed by atoms with Gasteiger partial charge in [-0.05, 0) is 39.2 Å². The Labute approximate surface area is 182 Å². The number of carbonyl (C=O) groups excluding carboxylic acids is 2. The molecule has 2 aliphatic rings. The van der Waals surface area contributed by atoms with Gasteiger partial charge in [0, 0.05) is 24.7 Å². The maximum Gasteiger partial charge on any atom is 0.328 e. The summed E-state index contributed by atoms with van der Waals surface area (Å²) in [4.78, 5) is 25.7. The smallest absolute Gasteiger partial charge is 0.328 e. The molecule has 31 heavy (non-hydrogen) atoms. The first-order valence-corrected chi connectivity index (χ1v) is 11.6. The number of esters is 1. The summed E-state index contributed by atoms with van der Waals surface area (Å²) in [5, 5.41) is 5.39. The molecule has 9 nitrogen and oxygen atoms in total. The largest absolute Gasteiger partial charge is 0.467 e. The summed E-state index contributed by atoms with van der Waals surface area (Å²) in [6, 6.07) is 6.10. The van der Waals surface area contributed by atoms with Crippen molar-refractivity contribution in [3.05, 3.63) is 41.0 Å². The van der Waals surface area contributed by atoms with E-state index >= 15 is 0 Å². The molecule has 0 aromatic heterocycles. The van der Waals surface area contributed by atoms with Gasteiger partial charge in [0.25, 0.3) is 10.0 Å². The Morgan fingerprint density at radius 3 is 2.35 bits per heavy atom. The van der Waals surface area contributed by atoms with Crippen LogP contribution in [-0.2, 0) is 19.6 Å². The third kappa shape index (κ3) is 5.07. The molecule has 2 amide bonds. The lowest BCUT2D eigenvalue weighted by Crippen LogP contribution is -2.51. The van der Waals surface area contributed by atoms with E-state index in [4.69, 9.17) is 0 Å². The molecule has 1 atom stereocenters. The van der Waals surface area contributed by atoms with Crippen LogP contribution in [0.15, 0.2) is 34.2 Å². The van der Waals surface area contributed by atoms with E-state index in [2.05, 4.69) is 19.8 Å². The molecule has 3 rings (SSSR count). The fourth-order valence-electron chi connectivity index (χ4n) is 3.78. The van der Waals surface area contributed by atoms with Crippen LogP contribution in [0.1, 0.15) is 37.8 Å². The van der Waals surface area contributed by atoms with Crippen LogP contribution in [0.2, 0.25) is 0 Å². The number of ether oxygens (including phenoxy) is 1. The number of aryl methyl sites for hydroxylation is 1. The SMILES string of the molecule is COC(=O)C(C)NC(=O)NC1CCN(C2=NS(=O)(=O)C(c3ccc(C)cc3)=C2C)CC1. The molecule has 0 spiro atoms. The fourth-order valence-corrected chi connectivity index (χ4v) is 5.27. The lowest BCUT2D eigenvalue weighted by atomic mass is 10.0. The van der Waals surface area contributed by atoms with Crippen LogP contribution in [0, 0.1) is 6.92 Å². The van der Waals surface area contributed by atoms with Crippen molar-refractivity contribution in [2.45, 2.75) is 45.7 Å². The van der Waals surface area contributed by atoms with Crippen LogP contribution < -0.4 is 10.6 Å². The first kappa shape index (κ1) is 22.8. The Morgan fingerprint density at radius 2 is 1.77 bits per heavy atom. The molecular weight excluding hydrogens is 420 g/mol. The van der Waals surface area contributed by atoms with Crippen molar-refractivity contribution < 1.29 is 22.7 Å². The molecule has 2 aliphatic heterocycles. The number of urea groups is 1. The molecule has 2 N–H and O–H groups in total. The van der Waals surface area contributed by atoms with E-state index in [1.165, 1.54) is 7.11 Å². The first-order valence-electron chi connectivity index (χ1n) is 10.2. The molecule has 1 saturated heterocycles. The lowest BCUT2D eigenvalue weighted by Gasteiger charge is -2.34. The Balaban J connectivity index is 1.64. The number of rotatable bonds is 4. The number of carbonyl (C=O) groups is 2. The van der Waals surface area contributed by atoms with Crippen LogP contribution in [0.3, 0.4) is 0 Å². The van der Waals surface area contributed by atoms with Gasteiger partial charge in [0.15, 0.2) is 0 Å². The van der Waals surface area contributed by atoms with Crippen molar-refractivity contribution in [1.29, 1.82) is 0 Å². The molecular formula is C21H28N4O5S. The number of nitrogens with zero attached hydrogens (tertiary/aromatic N) is 2. The highest BCUT2D eigenvalue weighted by atomic mass is 32.2. The fraction of sp³-hybridized carbons (Fsp3) is 0.476. The van der Waals surface area contributed by atoms with E-state index in [0.717, 1.165) is 5.56 Å². The van der Waals surface area contributed by atoms with Crippen LogP contribution in [-0.4, -0.2) is 63.4 Å². The minimum Gasteiger partial charge on any atom is -0.467 e. The van der Waals surface area contributed by atoms with Crippen molar-refractivity contribution in [2.24, 2.45) is 4.40 Å². The zero-order valence-corrected chi connectivity index (χ0v) is 19.0. The zero-order chi connectivity index (χ0) is 22.8. The molecule has 1 fully saturated rings. The number of hydrogen-bond acceptors (Lipinski definition) is 6. The number of hydrogen-bond donors (Lipinski definition) is 2. The Bertz CT molecular complexity index is 1020. The number of amidine groups is 1. The minimum absolute atomic E-state index is 0.0828.